The van der Waals surface area contributed by atoms with Gasteiger partial charge in [-0.25, -0.2) is 4.79 Å². The van der Waals surface area contributed by atoms with Crippen LogP contribution in [-0.2, 0) is 4.79 Å². The number of halogens is 1. The molecule has 4 rings (SSSR count). The summed E-state index contributed by atoms with van der Waals surface area (Å²) in [6.45, 7) is 0. The number of carboxylic acids is 1. The van der Waals surface area contributed by atoms with Crippen LogP contribution in [-0.4, -0.2) is 17.0 Å². The summed E-state index contributed by atoms with van der Waals surface area (Å²) in [4.78, 5) is 23.9. The summed E-state index contributed by atoms with van der Waals surface area (Å²) in [5.41, 5.74) is 0.773. The molecule has 0 aliphatic heterocycles. The Balaban J connectivity index is 1.52. The van der Waals surface area contributed by atoms with Crippen molar-refractivity contribution in [3.8, 4) is 11.5 Å². The molecule has 32 heavy (non-hydrogen) atoms. The van der Waals surface area contributed by atoms with Crippen molar-refractivity contribution < 1.29 is 19.4 Å². The van der Waals surface area contributed by atoms with Crippen molar-refractivity contribution in [1.82, 2.24) is 5.32 Å². The van der Waals surface area contributed by atoms with Crippen molar-refractivity contribution in [3.63, 3.8) is 0 Å². The van der Waals surface area contributed by atoms with Crippen LogP contribution in [0.3, 0.4) is 0 Å². The van der Waals surface area contributed by atoms with Crippen molar-refractivity contribution >= 4 is 44.7 Å². The summed E-state index contributed by atoms with van der Waals surface area (Å²) in [5.74, 6) is -0.438. The Labute approximate surface area is 193 Å². The van der Waals surface area contributed by atoms with Crippen LogP contribution in [0, 0.1) is 0 Å². The van der Waals surface area contributed by atoms with Crippen molar-refractivity contribution in [2.75, 3.05) is 0 Å². The number of benzene rings is 4. The second-order valence-corrected chi connectivity index (χ2v) is 7.75. The molecule has 0 aliphatic rings. The molecule has 0 heterocycles. The van der Waals surface area contributed by atoms with Crippen molar-refractivity contribution in [2.45, 2.75) is 0 Å². The van der Waals surface area contributed by atoms with Crippen molar-refractivity contribution in [1.29, 1.82) is 0 Å². The van der Waals surface area contributed by atoms with Gasteiger partial charge < -0.3 is 15.2 Å². The molecule has 4 aromatic rings. The third-order valence-corrected chi connectivity index (χ3v) is 5.58. The van der Waals surface area contributed by atoms with E-state index in [-0.39, 0.29) is 5.70 Å². The quantitative estimate of drug-likeness (QED) is 0.315. The molecule has 5 nitrogen and oxygen atoms in total. The molecule has 0 unspecified atom stereocenters. The number of hydrogen-bond acceptors (Lipinski definition) is 3. The molecular weight excluding hydrogens is 470 g/mol. The zero-order chi connectivity index (χ0) is 22.5. The van der Waals surface area contributed by atoms with Crippen LogP contribution in [0.2, 0.25) is 0 Å². The molecule has 158 valence electrons. The lowest BCUT2D eigenvalue weighted by atomic mass is 10.1. The highest BCUT2D eigenvalue weighted by molar-refractivity contribution is 9.10. The van der Waals surface area contributed by atoms with E-state index in [4.69, 9.17) is 4.74 Å². The van der Waals surface area contributed by atoms with Gasteiger partial charge in [-0.2, -0.15) is 0 Å². The topological polar surface area (TPSA) is 75.6 Å². The summed E-state index contributed by atoms with van der Waals surface area (Å²) in [7, 11) is 0. The van der Waals surface area contributed by atoms with Crippen LogP contribution in [0.15, 0.2) is 101 Å². The van der Waals surface area contributed by atoms with Crippen molar-refractivity contribution in [2.24, 2.45) is 0 Å². The number of carboxylic acid groups (broad SMARTS) is 1. The monoisotopic (exact) mass is 487 g/mol. The minimum absolute atomic E-state index is 0.218. The minimum atomic E-state index is -1.23. The van der Waals surface area contributed by atoms with Crippen LogP contribution in [0.4, 0.5) is 0 Å². The molecule has 1 amide bonds. The van der Waals surface area contributed by atoms with E-state index in [1.54, 1.807) is 54.6 Å². The van der Waals surface area contributed by atoms with Gasteiger partial charge in [0.1, 0.15) is 17.2 Å². The van der Waals surface area contributed by atoms with Crippen LogP contribution in [0.25, 0.3) is 16.8 Å². The number of aliphatic carboxylic acids is 1. The Hall–Kier alpha value is -3.90. The number of carbonyl (C=O) groups excluding carboxylic acids is 1. The van der Waals surface area contributed by atoms with Gasteiger partial charge in [0.05, 0.1) is 4.47 Å². The van der Waals surface area contributed by atoms with Gasteiger partial charge in [0, 0.05) is 5.56 Å². The van der Waals surface area contributed by atoms with E-state index in [0.29, 0.717) is 22.6 Å². The average molecular weight is 488 g/mol. The lowest BCUT2D eigenvalue weighted by Gasteiger charge is -2.10. The normalized spacial score (nSPS) is 11.2. The maximum absolute atomic E-state index is 12.3. The van der Waals surface area contributed by atoms with Gasteiger partial charge in [0.2, 0.25) is 0 Å². The molecule has 0 aliphatic carbocycles. The Morgan fingerprint density at radius 3 is 2.25 bits per heavy atom. The highest BCUT2D eigenvalue weighted by Gasteiger charge is 2.13. The van der Waals surface area contributed by atoms with E-state index in [0.717, 1.165) is 15.2 Å². The van der Waals surface area contributed by atoms with E-state index >= 15 is 0 Å². The van der Waals surface area contributed by atoms with Gasteiger partial charge in [-0.05, 0) is 68.7 Å². The molecule has 0 radical (unpaired) electrons. The van der Waals surface area contributed by atoms with E-state index in [1.165, 1.54) is 6.08 Å². The molecule has 0 aromatic heterocycles. The number of ether oxygens (including phenoxy) is 1. The fraction of sp³-hybridized carbons (Fsp3) is 0. The summed E-state index contributed by atoms with van der Waals surface area (Å²) in [6.07, 6.45) is 1.40. The standard InChI is InChI=1S/C26H18BrNO4/c27-24-21-9-5-4-6-18(21)12-15-23(24)32-20-13-10-17(11-14-20)16-22(26(30)31)28-25(29)19-7-2-1-3-8-19/h1-16H,(H,28,29)(H,30,31). The first-order chi connectivity index (χ1) is 15.5. The largest absolute Gasteiger partial charge is 0.477 e. The first kappa shape index (κ1) is 21.3. The first-order valence-corrected chi connectivity index (χ1v) is 10.6. The van der Waals surface area contributed by atoms with Gasteiger partial charge >= 0.3 is 5.97 Å². The van der Waals surface area contributed by atoms with Gasteiger partial charge in [-0.1, -0.05) is 60.7 Å². The molecule has 0 atom stereocenters. The van der Waals surface area contributed by atoms with E-state index in [9.17, 15) is 14.7 Å². The average Bonchev–Trinajstić information content (AvgIpc) is 2.82. The number of carbonyl (C=O) groups is 2. The fourth-order valence-corrected chi connectivity index (χ4v) is 3.73. The summed E-state index contributed by atoms with van der Waals surface area (Å²) < 4.78 is 6.85. The maximum Gasteiger partial charge on any atom is 0.352 e. The minimum Gasteiger partial charge on any atom is -0.477 e. The molecular formula is C26H18BrNO4. The molecule has 0 saturated carbocycles. The van der Waals surface area contributed by atoms with Crippen molar-refractivity contribution in [3.05, 3.63) is 112 Å². The number of rotatable bonds is 6. The zero-order valence-corrected chi connectivity index (χ0v) is 18.4. The molecule has 6 heteroatoms. The summed E-state index contributed by atoms with van der Waals surface area (Å²) in [5, 5.41) is 14.1. The lowest BCUT2D eigenvalue weighted by molar-refractivity contribution is -0.132. The lowest BCUT2D eigenvalue weighted by Crippen LogP contribution is -2.27. The van der Waals surface area contributed by atoms with Crippen LogP contribution >= 0.6 is 15.9 Å². The third kappa shape index (κ3) is 4.87. The summed E-state index contributed by atoms with van der Waals surface area (Å²) >= 11 is 3.60. The van der Waals surface area contributed by atoms with Gasteiger partial charge in [0.25, 0.3) is 5.91 Å². The zero-order valence-electron chi connectivity index (χ0n) is 16.8. The summed E-state index contributed by atoms with van der Waals surface area (Å²) in [6, 6.07) is 27.2. The highest BCUT2D eigenvalue weighted by Crippen LogP contribution is 2.35. The maximum atomic E-state index is 12.3. The van der Waals surface area contributed by atoms with Crippen LogP contribution in [0.1, 0.15) is 15.9 Å². The molecule has 4 aromatic carbocycles. The van der Waals surface area contributed by atoms with E-state index in [1.807, 2.05) is 36.4 Å². The molecule has 0 saturated heterocycles. The Morgan fingerprint density at radius 2 is 1.53 bits per heavy atom. The Morgan fingerprint density at radius 1 is 0.844 bits per heavy atom. The van der Waals surface area contributed by atoms with Gasteiger partial charge in [0.15, 0.2) is 0 Å². The van der Waals surface area contributed by atoms with E-state index in [2.05, 4.69) is 21.2 Å². The highest BCUT2D eigenvalue weighted by atomic mass is 79.9. The first-order valence-electron chi connectivity index (χ1n) is 9.78. The fourth-order valence-electron chi connectivity index (χ4n) is 3.15. The molecule has 2 N–H and O–H groups in total. The van der Waals surface area contributed by atoms with Crippen LogP contribution in [0.5, 0.6) is 11.5 Å². The SMILES string of the molecule is O=C(O)C(=Cc1ccc(Oc2ccc3ccccc3c2Br)cc1)NC(=O)c1ccccc1. The van der Waals surface area contributed by atoms with Gasteiger partial charge in [-0.15, -0.1) is 0 Å². The second-order valence-electron chi connectivity index (χ2n) is 6.95. The second kappa shape index (κ2) is 9.49. The Bertz CT molecular complexity index is 1320. The molecule has 0 bridgehead atoms. The predicted molar refractivity (Wildman–Crippen MR) is 128 cm³/mol. The molecule has 0 spiro atoms. The Kier molecular flexibility index (Phi) is 6.33. The number of amides is 1. The molecule has 0 fully saturated rings. The van der Waals surface area contributed by atoms with Gasteiger partial charge in [-0.3, -0.25) is 4.79 Å². The number of fused-ring (bicyclic) bond motifs is 1. The number of hydrogen-bond donors (Lipinski definition) is 2. The third-order valence-electron chi connectivity index (χ3n) is 4.76. The number of nitrogens with one attached hydrogen (secondary N) is 1. The van der Waals surface area contributed by atoms with E-state index < -0.39 is 11.9 Å². The van der Waals surface area contributed by atoms with Crippen LogP contribution < -0.4 is 10.1 Å². The smallest absolute Gasteiger partial charge is 0.352 e. The predicted octanol–water partition coefficient (Wildman–Crippen LogP) is 6.25.